The molecule has 8 heteroatoms. The molecule has 0 aliphatic carbocycles. The Hall–Kier alpha value is -2.89. The zero-order valence-corrected chi connectivity index (χ0v) is 15.1. The molecule has 2 amide bonds. The molecule has 0 aromatic heterocycles. The van der Waals surface area contributed by atoms with Crippen LogP contribution in [0.25, 0.3) is 0 Å². The molecule has 0 bridgehead atoms. The molecule has 8 nitrogen and oxygen atoms in total. The molecule has 1 heterocycles. The van der Waals surface area contributed by atoms with Gasteiger partial charge < -0.3 is 25.2 Å². The summed E-state index contributed by atoms with van der Waals surface area (Å²) >= 11 is 0. The van der Waals surface area contributed by atoms with E-state index in [1.807, 2.05) is 0 Å². The molecule has 0 unspecified atom stereocenters. The summed E-state index contributed by atoms with van der Waals surface area (Å²) in [6.45, 7) is 0.469. The molecule has 0 radical (unpaired) electrons. The maximum atomic E-state index is 12.7. The van der Waals surface area contributed by atoms with Gasteiger partial charge in [0.05, 0.1) is 20.3 Å². The van der Waals surface area contributed by atoms with Crippen LogP contribution in [0.4, 0.5) is 0 Å². The highest BCUT2D eigenvalue weighted by molar-refractivity contribution is 6.01. The maximum Gasteiger partial charge on any atom is 0.305 e. The van der Waals surface area contributed by atoms with Gasteiger partial charge in [-0.1, -0.05) is 17.9 Å². The zero-order chi connectivity index (χ0) is 19.8. The van der Waals surface area contributed by atoms with Gasteiger partial charge in [0, 0.05) is 24.1 Å². The number of methoxy groups -OCH3 is 1. The van der Waals surface area contributed by atoms with E-state index in [1.165, 1.54) is 12.0 Å². The van der Waals surface area contributed by atoms with Crippen LogP contribution in [0.15, 0.2) is 18.2 Å². The van der Waals surface area contributed by atoms with Gasteiger partial charge in [-0.2, -0.15) is 0 Å². The fourth-order valence-corrected chi connectivity index (χ4v) is 2.85. The van der Waals surface area contributed by atoms with E-state index < -0.39 is 17.9 Å². The number of rotatable bonds is 8. The molecule has 1 aromatic carbocycles. The molecule has 27 heavy (non-hydrogen) atoms. The van der Waals surface area contributed by atoms with Crippen molar-refractivity contribution in [1.82, 2.24) is 4.90 Å². The molecule has 2 rings (SSSR count). The van der Waals surface area contributed by atoms with Crippen LogP contribution in [-0.2, 0) is 25.6 Å². The first-order valence-electron chi connectivity index (χ1n) is 8.46. The van der Waals surface area contributed by atoms with Crippen LogP contribution in [0.2, 0.25) is 0 Å². The van der Waals surface area contributed by atoms with Gasteiger partial charge in [0.2, 0.25) is 5.91 Å². The molecule has 0 saturated carbocycles. The Balaban J connectivity index is 2.18. The van der Waals surface area contributed by atoms with Crippen molar-refractivity contribution < 1.29 is 29.0 Å². The number of carbonyl (C=O) groups is 3. The third-order valence-corrected chi connectivity index (χ3v) is 4.18. The molecule has 1 aromatic rings. The summed E-state index contributed by atoms with van der Waals surface area (Å²) in [6, 6.07) is 4.26. The Morgan fingerprint density at radius 3 is 2.85 bits per heavy atom. The Kier molecular flexibility index (Phi) is 7.34. The maximum absolute atomic E-state index is 12.7. The highest BCUT2D eigenvalue weighted by Crippen LogP contribution is 2.28. The normalized spacial score (nSPS) is 13.6. The van der Waals surface area contributed by atoms with E-state index in [4.69, 9.17) is 15.6 Å². The van der Waals surface area contributed by atoms with E-state index in [2.05, 4.69) is 16.6 Å². The lowest BCUT2D eigenvalue weighted by Gasteiger charge is -2.24. The van der Waals surface area contributed by atoms with E-state index in [9.17, 15) is 14.4 Å². The average Bonchev–Trinajstić information content (AvgIpc) is 2.99. The number of carbonyl (C=O) groups excluding carboxylic acids is 3. The number of hydrogen-bond donors (Lipinski definition) is 2. The van der Waals surface area contributed by atoms with Crippen molar-refractivity contribution in [2.24, 2.45) is 5.73 Å². The fraction of sp³-hybridized carbons (Fsp3) is 0.421. The van der Waals surface area contributed by atoms with E-state index in [-0.39, 0.29) is 45.1 Å². The number of amides is 2. The van der Waals surface area contributed by atoms with Gasteiger partial charge in [-0.05, 0) is 24.1 Å². The zero-order valence-electron chi connectivity index (χ0n) is 15.1. The van der Waals surface area contributed by atoms with Gasteiger partial charge in [0.15, 0.2) is 0 Å². The first kappa shape index (κ1) is 20.4. The topological polar surface area (TPSA) is 119 Å². The van der Waals surface area contributed by atoms with E-state index >= 15 is 0 Å². The largest absolute Gasteiger partial charge is 0.469 e. The van der Waals surface area contributed by atoms with Crippen molar-refractivity contribution in [1.29, 1.82) is 0 Å². The number of nitrogens with zero attached hydrogens (tertiary/aromatic N) is 1. The summed E-state index contributed by atoms with van der Waals surface area (Å²) in [5, 5.41) is 8.68. The summed E-state index contributed by atoms with van der Waals surface area (Å²) < 4.78 is 9.68. The van der Waals surface area contributed by atoms with Gasteiger partial charge in [0.1, 0.15) is 12.6 Å². The molecular formula is C19H22N2O6. The lowest BCUT2D eigenvalue weighted by molar-refractivity contribution is -0.141. The number of primary amides is 1. The van der Waals surface area contributed by atoms with E-state index in [0.717, 1.165) is 0 Å². The number of esters is 1. The van der Waals surface area contributed by atoms with Gasteiger partial charge in [-0.25, -0.2) is 0 Å². The predicted octanol–water partition coefficient (Wildman–Crippen LogP) is -0.190. The van der Waals surface area contributed by atoms with Crippen LogP contribution in [0.1, 0.15) is 34.3 Å². The minimum atomic E-state index is -0.905. The number of aliphatic hydroxyl groups excluding tert-OH is 1. The SMILES string of the molecule is COC(=O)CC[C@@H](C(N)=O)N1Cc2c(C#CCOCCO)cccc2C1=O. The number of nitrogens with two attached hydrogens (primary N) is 1. The van der Waals surface area contributed by atoms with Crippen LogP contribution in [-0.4, -0.2) is 60.8 Å². The Morgan fingerprint density at radius 2 is 2.19 bits per heavy atom. The number of fused-ring (bicyclic) bond motifs is 1. The molecule has 1 atom stereocenters. The molecule has 0 fully saturated rings. The van der Waals surface area contributed by atoms with Gasteiger partial charge in [-0.15, -0.1) is 0 Å². The smallest absolute Gasteiger partial charge is 0.305 e. The number of hydrogen-bond acceptors (Lipinski definition) is 6. The van der Waals surface area contributed by atoms with E-state index in [0.29, 0.717) is 16.7 Å². The van der Waals surface area contributed by atoms with Crippen LogP contribution in [0.5, 0.6) is 0 Å². The minimum absolute atomic E-state index is 0.0148. The van der Waals surface area contributed by atoms with E-state index in [1.54, 1.807) is 18.2 Å². The number of aliphatic hydroxyl groups is 1. The third-order valence-electron chi connectivity index (χ3n) is 4.18. The average molecular weight is 374 g/mol. The van der Waals surface area contributed by atoms with Gasteiger partial charge >= 0.3 is 5.97 Å². The second-order valence-corrected chi connectivity index (χ2v) is 5.88. The highest BCUT2D eigenvalue weighted by atomic mass is 16.5. The molecule has 1 aliphatic heterocycles. The molecule has 3 N–H and O–H groups in total. The van der Waals surface area contributed by atoms with Crippen molar-refractivity contribution in [3.8, 4) is 11.8 Å². The number of benzene rings is 1. The van der Waals surface area contributed by atoms with Crippen molar-refractivity contribution in [3.63, 3.8) is 0 Å². The molecule has 1 aliphatic rings. The Morgan fingerprint density at radius 1 is 1.41 bits per heavy atom. The summed E-state index contributed by atoms with van der Waals surface area (Å²) in [4.78, 5) is 37.3. The Labute approximate surface area is 157 Å². The van der Waals surface area contributed by atoms with Crippen LogP contribution >= 0.6 is 0 Å². The molecule has 0 spiro atoms. The third kappa shape index (κ3) is 5.06. The lowest BCUT2D eigenvalue weighted by Crippen LogP contribution is -2.45. The number of ether oxygens (including phenoxy) is 2. The second kappa shape index (κ2) is 9.71. The summed E-state index contributed by atoms with van der Waals surface area (Å²) in [7, 11) is 1.26. The highest BCUT2D eigenvalue weighted by Gasteiger charge is 2.36. The van der Waals surface area contributed by atoms with Crippen molar-refractivity contribution in [2.75, 3.05) is 26.9 Å². The Bertz CT molecular complexity index is 780. The second-order valence-electron chi connectivity index (χ2n) is 5.88. The first-order chi connectivity index (χ1) is 13.0. The summed E-state index contributed by atoms with van der Waals surface area (Å²) in [5.41, 5.74) is 7.29. The molecule has 0 saturated heterocycles. The van der Waals surface area contributed by atoms with Gasteiger partial charge in [-0.3, -0.25) is 14.4 Å². The first-order valence-corrected chi connectivity index (χ1v) is 8.46. The van der Waals surface area contributed by atoms with Crippen molar-refractivity contribution in [2.45, 2.75) is 25.4 Å². The summed E-state index contributed by atoms with van der Waals surface area (Å²) in [6.07, 6.45) is 0.0802. The molecular weight excluding hydrogens is 352 g/mol. The van der Waals surface area contributed by atoms with Crippen molar-refractivity contribution >= 4 is 17.8 Å². The van der Waals surface area contributed by atoms with Gasteiger partial charge in [0.25, 0.3) is 5.91 Å². The monoisotopic (exact) mass is 374 g/mol. The standard InChI is InChI=1S/C19H22N2O6/c1-26-17(23)8-7-16(18(20)24)21-12-15-13(5-3-10-27-11-9-22)4-2-6-14(15)19(21)25/h2,4,6,16,22H,7-12H2,1H3,(H2,20,24)/t16-/m0/s1. The minimum Gasteiger partial charge on any atom is -0.469 e. The quantitative estimate of drug-likeness (QED) is 0.370. The van der Waals surface area contributed by atoms with Crippen LogP contribution < -0.4 is 5.73 Å². The van der Waals surface area contributed by atoms with Crippen LogP contribution in [0.3, 0.4) is 0 Å². The van der Waals surface area contributed by atoms with Crippen molar-refractivity contribution in [3.05, 3.63) is 34.9 Å². The molecule has 144 valence electrons. The fourth-order valence-electron chi connectivity index (χ4n) is 2.85. The predicted molar refractivity (Wildman–Crippen MR) is 95.3 cm³/mol. The summed E-state index contributed by atoms with van der Waals surface area (Å²) in [5.74, 6) is 4.31. The van der Waals surface area contributed by atoms with Crippen LogP contribution in [0, 0.1) is 11.8 Å². The lowest BCUT2D eigenvalue weighted by atomic mass is 10.0.